The third-order valence-electron chi connectivity index (χ3n) is 4.08. The fourth-order valence-electron chi connectivity index (χ4n) is 2.52. The van der Waals surface area contributed by atoms with E-state index in [0.29, 0.717) is 28.4 Å². The number of nitrogens with one attached hydrogen (secondary N) is 1. The molecule has 0 bridgehead atoms. The van der Waals surface area contributed by atoms with Crippen molar-refractivity contribution in [2.24, 2.45) is 0 Å². The van der Waals surface area contributed by atoms with Crippen LogP contribution in [-0.2, 0) is 4.79 Å². The van der Waals surface area contributed by atoms with Crippen LogP contribution in [0.1, 0.15) is 11.1 Å². The van der Waals surface area contributed by atoms with Crippen molar-refractivity contribution in [3.8, 4) is 23.3 Å². The van der Waals surface area contributed by atoms with Crippen molar-refractivity contribution in [1.82, 2.24) is 0 Å². The third-order valence-corrected chi connectivity index (χ3v) is 4.08. The van der Waals surface area contributed by atoms with E-state index in [1.165, 1.54) is 45.6 Å². The summed E-state index contributed by atoms with van der Waals surface area (Å²) in [5, 5.41) is 22.9. The lowest BCUT2D eigenvalue weighted by atomic mass is 10.1. The zero-order valence-electron chi connectivity index (χ0n) is 16.3. The van der Waals surface area contributed by atoms with E-state index < -0.39 is 10.8 Å². The van der Waals surface area contributed by atoms with E-state index in [2.05, 4.69) is 5.32 Å². The Balaban J connectivity index is 2.42. The fourth-order valence-corrected chi connectivity index (χ4v) is 2.52. The summed E-state index contributed by atoms with van der Waals surface area (Å²) in [6, 6.07) is 9.06. The molecule has 0 heterocycles. The number of benzene rings is 2. The van der Waals surface area contributed by atoms with Gasteiger partial charge in [-0.25, -0.2) is 0 Å². The molecule has 29 heavy (non-hydrogen) atoms. The zero-order valence-corrected chi connectivity index (χ0v) is 16.3. The van der Waals surface area contributed by atoms with Crippen molar-refractivity contribution in [2.45, 2.75) is 6.92 Å². The molecule has 0 aliphatic carbocycles. The van der Waals surface area contributed by atoms with Gasteiger partial charge in [0.25, 0.3) is 11.6 Å². The van der Waals surface area contributed by atoms with Crippen LogP contribution in [0.2, 0.25) is 0 Å². The molecule has 0 unspecified atom stereocenters. The van der Waals surface area contributed by atoms with Crippen LogP contribution in [0.4, 0.5) is 11.4 Å². The van der Waals surface area contributed by atoms with Crippen molar-refractivity contribution < 1.29 is 23.9 Å². The largest absolute Gasteiger partial charge is 0.496 e. The monoisotopic (exact) mass is 397 g/mol. The molecule has 0 saturated carbocycles. The van der Waals surface area contributed by atoms with Gasteiger partial charge in [0, 0.05) is 23.8 Å². The number of nitro benzene ring substituents is 1. The van der Waals surface area contributed by atoms with Gasteiger partial charge in [-0.1, -0.05) is 6.07 Å². The third kappa shape index (κ3) is 4.81. The molecule has 9 nitrogen and oxygen atoms in total. The molecule has 0 saturated heterocycles. The van der Waals surface area contributed by atoms with E-state index in [1.54, 1.807) is 19.1 Å². The average Bonchev–Trinajstić information content (AvgIpc) is 2.72. The van der Waals surface area contributed by atoms with E-state index in [-0.39, 0.29) is 16.9 Å². The molecular formula is C20H19N3O6. The number of hydrogen-bond acceptors (Lipinski definition) is 7. The lowest BCUT2D eigenvalue weighted by Crippen LogP contribution is -2.14. The highest BCUT2D eigenvalue weighted by molar-refractivity contribution is 6.10. The minimum absolute atomic E-state index is 0.171. The number of hydrogen-bond donors (Lipinski definition) is 1. The van der Waals surface area contributed by atoms with Gasteiger partial charge < -0.3 is 19.5 Å². The highest BCUT2D eigenvalue weighted by atomic mass is 16.6. The number of aryl methyl sites for hydroxylation is 1. The normalized spacial score (nSPS) is 10.7. The number of carbonyl (C=O) groups is 1. The van der Waals surface area contributed by atoms with E-state index in [0.717, 1.165) is 0 Å². The molecule has 0 radical (unpaired) electrons. The molecule has 9 heteroatoms. The molecule has 1 N–H and O–H groups in total. The van der Waals surface area contributed by atoms with Gasteiger partial charge in [-0.3, -0.25) is 14.9 Å². The van der Waals surface area contributed by atoms with Crippen LogP contribution >= 0.6 is 0 Å². The quantitative estimate of drug-likeness (QED) is 0.328. The second-order valence-electron chi connectivity index (χ2n) is 5.83. The number of amides is 1. The number of non-ortho nitro benzene ring substituents is 1. The van der Waals surface area contributed by atoms with Crippen molar-refractivity contribution in [3.05, 3.63) is 57.1 Å². The highest BCUT2D eigenvalue weighted by Gasteiger charge is 2.16. The van der Waals surface area contributed by atoms with Gasteiger partial charge in [-0.2, -0.15) is 5.26 Å². The molecular weight excluding hydrogens is 378 g/mol. The Hall–Kier alpha value is -4.06. The number of carbonyl (C=O) groups excluding carboxylic acids is 1. The van der Waals surface area contributed by atoms with Crippen molar-refractivity contribution >= 4 is 23.4 Å². The summed E-state index contributed by atoms with van der Waals surface area (Å²) in [5.41, 5.74) is 0.888. The maximum atomic E-state index is 12.6. The number of nitrogens with zero attached hydrogens (tertiary/aromatic N) is 2. The standard InChI is InChI=1S/C20H19N3O6/c1-12-5-6-15(23(25)26)9-16(12)22-20(24)14(11-21)7-13-8-18(28-3)19(29-4)10-17(13)27-2/h5-10H,1-4H3,(H,22,24)/b14-7+. The number of nitriles is 1. The maximum Gasteiger partial charge on any atom is 0.271 e. The molecule has 0 atom stereocenters. The molecule has 0 aliphatic heterocycles. The number of anilines is 1. The van der Waals surface area contributed by atoms with E-state index in [4.69, 9.17) is 14.2 Å². The van der Waals surface area contributed by atoms with Crippen LogP contribution in [0.3, 0.4) is 0 Å². The van der Waals surface area contributed by atoms with Gasteiger partial charge in [0.05, 0.1) is 31.9 Å². The average molecular weight is 397 g/mol. The summed E-state index contributed by atoms with van der Waals surface area (Å²) in [5.74, 6) is 0.478. The number of ether oxygens (including phenoxy) is 3. The predicted molar refractivity (Wildman–Crippen MR) is 106 cm³/mol. The van der Waals surface area contributed by atoms with Gasteiger partial charge in [-0.15, -0.1) is 0 Å². The Morgan fingerprint density at radius 1 is 1.10 bits per heavy atom. The summed E-state index contributed by atoms with van der Waals surface area (Å²) in [6.07, 6.45) is 1.34. The molecule has 2 rings (SSSR count). The smallest absolute Gasteiger partial charge is 0.271 e. The number of rotatable bonds is 7. The minimum Gasteiger partial charge on any atom is -0.496 e. The molecule has 0 spiro atoms. The Morgan fingerprint density at radius 2 is 1.72 bits per heavy atom. The summed E-state index contributed by atoms with van der Waals surface area (Å²) < 4.78 is 15.7. The van der Waals surface area contributed by atoms with Crippen molar-refractivity contribution in [3.63, 3.8) is 0 Å². The first kappa shape index (κ1) is 21.2. The number of nitro groups is 1. The SMILES string of the molecule is COc1cc(OC)c(OC)cc1/C=C(\C#N)C(=O)Nc1cc([N+](=O)[O-])ccc1C. The summed E-state index contributed by atoms with van der Waals surface area (Å²) in [6.45, 7) is 1.69. The van der Waals surface area contributed by atoms with Gasteiger partial charge in [-0.05, 0) is 24.6 Å². The van der Waals surface area contributed by atoms with Crippen LogP contribution in [-0.4, -0.2) is 32.2 Å². The lowest BCUT2D eigenvalue weighted by molar-refractivity contribution is -0.384. The molecule has 0 aromatic heterocycles. The zero-order chi connectivity index (χ0) is 21.6. The first-order chi connectivity index (χ1) is 13.8. The van der Waals surface area contributed by atoms with Crippen LogP contribution in [0, 0.1) is 28.4 Å². The highest BCUT2D eigenvalue weighted by Crippen LogP contribution is 2.35. The molecule has 2 aromatic carbocycles. The minimum atomic E-state index is -0.715. The number of methoxy groups -OCH3 is 3. The van der Waals surface area contributed by atoms with Crippen molar-refractivity contribution in [2.75, 3.05) is 26.6 Å². The second kappa shape index (κ2) is 9.23. The van der Waals surface area contributed by atoms with Crippen molar-refractivity contribution in [1.29, 1.82) is 5.26 Å². The summed E-state index contributed by atoms with van der Waals surface area (Å²) >= 11 is 0. The van der Waals surface area contributed by atoms with Crippen LogP contribution < -0.4 is 19.5 Å². The van der Waals surface area contributed by atoms with E-state index in [1.807, 2.05) is 6.07 Å². The van der Waals surface area contributed by atoms with E-state index >= 15 is 0 Å². The molecule has 150 valence electrons. The van der Waals surface area contributed by atoms with Crippen LogP contribution in [0.15, 0.2) is 35.9 Å². The molecule has 2 aromatic rings. The Morgan fingerprint density at radius 3 is 2.28 bits per heavy atom. The summed E-state index contributed by atoms with van der Waals surface area (Å²) in [7, 11) is 4.38. The van der Waals surface area contributed by atoms with Gasteiger partial charge in [0.15, 0.2) is 11.5 Å². The second-order valence-corrected chi connectivity index (χ2v) is 5.83. The summed E-state index contributed by atoms with van der Waals surface area (Å²) in [4.78, 5) is 23.0. The van der Waals surface area contributed by atoms with Gasteiger partial charge >= 0.3 is 0 Å². The fraction of sp³-hybridized carbons (Fsp3) is 0.200. The maximum absolute atomic E-state index is 12.6. The van der Waals surface area contributed by atoms with Gasteiger partial charge in [0.2, 0.25) is 0 Å². The lowest BCUT2D eigenvalue weighted by Gasteiger charge is -2.12. The first-order valence-electron chi connectivity index (χ1n) is 8.32. The van der Waals surface area contributed by atoms with Crippen LogP contribution in [0.5, 0.6) is 17.2 Å². The molecule has 0 aliphatic rings. The Labute approximate surface area is 167 Å². The molecule has 0 fully saturated rings. The Bertz CT molecular complexity index is 1020. The van der Waals surface area contributed by atoms with E-state index in [9.17, 15) is 20.2 Å². The van der Waals surface area contributed by atoms with Crippen LogP contribution in [0.25, 0.3) is 6.08 Å². The predicted octanol–water partition coefficient (Wildman–Crippen LogP) is 3.47. The van der Waals surface area contributed by atoms with Gasteiger partial charge in [0.1, 0.15) is 17.4 Å². The Kier molecular flexibility index (Phi) is 6.76. The first-order valence-corrected chi connectivity index (χ1v) is 8.32. The molecule has 1 amide bonds. The topological polar surface area (TPSA) is 124 Å².